The Bertz CT molecular complexity index is 1300. The van der Waals surface area contributed by atoms with Gasteiger partial charge in [-0.15, -0.1) is 0 Å². The van der Waals surface area contributed by atoms with Gasteiger partial charge in [-0.1, -0.05) is 36.4 Å². The zero-order chi connectivity index (χ0) is 19.8. The summed E-state index contributed by atoms with van der Waals surface area (Å²) in [6.45, 7) is 0. The number of aromatic nitrogens is 1. The molecule has 0 aliphatic carbocycles. The summed E-state index contributed by atoms with van der Waals surface area (Å²) < 4.78 is 12.9. The molecule has 0 unspecified atom stereocenters. The van der Waals surface area contributed by atoms with Crippen molar-refractivity contribution in [2.24, 2.45) is 0 Å². The smallest absolute Gasteiger partial charge is 0.119 e. The second-order valence-corrected chi connectivity index (χ2v) is 7.01. The summed E-state index contributed by atoms with van der Waals surface area (Å²) in [5.41, 5.74) is 5.87. The first-order valence-corrected chi connectivity index (χ1v) is 9.60. The van der Waals surface area contributed by atoms with Gasteiger partial charge in [-0.25, -0.2) is 0 Å². The highest BCUT2D eigenvalue weighted by atomic mass is 16.5. The highest BCUT2D eigenvalue weighted by Crippen LogP contribution is 2.35. The summed E-state index contributed by atoms with van der Waals surface area (Å²) in [5.74, 6) is 1.72. The van der Waals surface area contributed by atoms with Gasteiger partial charge in [0.05, 0.1) is 25.3 Å². The zero-order valence-corrected chi connectivity index (χ0v) is 16.4. The molecule has 0 saturated carbocycles. The molecule has 142 valence electrons. The topological polar surface area (TPSA) is 23.4 Å². The van der Waals surface area contributed by atoms with Crippen LogP contribution >= 0.6 is 0 Å². The van der Waals surface area contributed by atoms with Crippen LogP contribution < -0.4 is 9.47 Å². The monoisotopic (exact) mass is 379 g/mol. The quantitative estimate of drug-likeness (QED) is 0.357. The first kappa shape index (κ1) is 17.4. The molecular weight excluding hydrogens is 358 g/mol. The predicted octanol–water partition coefficient (Wildman–Crippen LogP) is 6.47. The maximum atomic E-state index is 5.32. The van der Waals surface area contributed by atoms with Gasteiger partial charge in [-0.3, -0.25) is 0 Å². The Balaban J connectivity index is 1.73. The third-order valence-electron chi connectivity index (χ3n) is 5.43. The molecule has 3 heteroatoms. The number of rotatable bonds is 4. The van der Waals surface area contributed by atoms with E-state index in [9.17, 15) is 0 Å². The molecule has 0 radical (unpaired) electrons. The van der Waals surface area contributed by atoms with Crippen LogP contribution in [-0.4, -0.2) is 18.8 Å². The Hall–Kier alpha value is -3.72. The summed E-state index contributed by atoms with van der Waals surface area (Å²) in [4.78, 5) is 0. The minimum Gasteiger partial charge on any atom is -0.497 e. The Morgan fingerprint density at radius 2 is 1.14 bits per heavy atom. The lowest BCUT2D eigenvalue weighted by atomic mass is 10.0. The first-order chi connectivity index (χ1) is 14.3. The normalized spacial score (nSPS) is 11.1. The van der Waals surface area contributed by atoms with Gasteiger partial charge in [-0.05, 0) is 65.7 Å². The van der Waals surface area contributed by atoms with E-state index in [4.69, 9.17) is 9.47 Å². The Morgan fingerprint density at radius 1 is 0.552 bits per heavy atom. The van der Waals surface area contributed by atoms with E-state index in [1.807, 2.05) is 24.3 Å². The number of ether oxygens (including phenoxy) is 2. The largest absolute Gasteiger partial charge is 0.497 e. The van der Waals surface area contributed by atoms with Crippen molar-refractivity contribution in [1.29, 1.82) is 0 Å². The van der Waals surface area contributed by atoms with Gasteiger partial charge < -0.3 is 14.0 Å². The summed E-state index contributed by atoms with van der Waals surface area (Å²) in [6.07, 6.45) is 0. The molecule has 1 aromatic heterocycles. The fraction of sp³-hybridized carbons (Fsp3) is 0.0769. The fourth-order valence-electron chi connectivity index (χ4n) is 3.95. The standard InChI is InChI=1S/C26H21NO2/c1-28-21-12-7-18(8-13-21)19-9-16-26-24(17-19)23-5-3-4-6-25(23)27(26)20-10-14-22(29-2)15-11-20/h3-17H,1-2H3. The van der Waals surface area contributed by atoms with Gasteiger partial charge in [0, 0.05) is 16.5 Å². The molecule has 3 nitrogen and oxygen atoms in total. The molecule has 29 heavy (non-hydrogen) atoms. The van der Waals surface area contributed by atoms with E-state index in [0.29, 0.717) is 0 Å². The minimum absolute atomic E-state index is 0.858. The average molecular weight is 379 g/mol. The van der Waals surface area contributed by atoms with E-state index in [0.717, 1.165) is 17.2 Å². The molecule has 0 spiro atoms. The van der Waals surface area contributed by atoms with Crippen LogP contribution in [0.2, 0.25) is 0 Å². The second kappa shape index (κ2) is 7.02. The van der Waals surface area contributed by atoms with E-state index in [1.165, 1.54) is 32.9 Å². The Kier molecular flexibility index (Phi) is 4.21. The molecule has 0 N–H and O–H groups in total. The van der Waals surface area contributed by atoms with Crippen LogP contribution in [0.15, 0.2) is 91.0 Å². The van der Waals surface area contributed by atoms with Crippen LogP contribution in [-0.2, 0) is 0 Å². The zero-order valence-electron chi connectivity index (χ0n) is 16.4. The lowest BCUT2D eigenvalue weighted by Crippen LogP contribution is -1.94. The lowest BCUT2D eigenvalue weighted by Gasteiger charge is -2.09. The van der Waals surface area contributed by atoms with Crippen molar-refractivity contribution in [3.63, 3.8) is 0 Å². The van der Waals surface area contributed by atoms with Crippen molar-refractivity contribution in [2.75, 3.05) is 14.2 Å². The number of hydrogen-bond acceptors (Lipinski definition) is 2. The van der Waals surface area contributed by atoms with Crippen LogP contribution in [0.5, 0.6) is 11.5 Å². The van der Waals surface area contributed by atoms with Gasteiger partial charge in [0.1, 0.15) is 11.5 Å². The molecule has 1 heterocycles. The molecule has 0 atom stereocenters. The van der Waals surface area contributed by atoms with Crippen LogP contribution in [0.1, 0.15) is 0 Å². The fourth-order valence-corrected chi connectivity index (χ4v) is 3.95. The Morgan fingerprint density at radius 3 is 1.83 bits per heavy atom. The predicted molar refractivity (Wildman–Crippen MR) is 119 cm³/mol. The van der Waals surface area contributed by atoms with E-state index in [-0.39, 0.29) is 0 Å². The number of methoxy groups -OCH3 is 2. The van der Waals surface area contributed by atoms with E-state index in [1.54, 1.807) is 14.2 Å². The summed E-state index contributed by atoms with van der Waals surface area (Å²) in [6, 6.07) is 31.6. The van der Waals surface area contributed by atoms with Crippen LogP contribution in [0.4, 0.5) is 0 Å². The highest BCUT2D eigenvalue weighted by molar-refractivity contribution is 6.10. The molecule has 0 fully saturated rings. The van der Waals surface area contributed by atoms with Crippen LogP contribution in [0, 0.1) is 0 Å². The first-order valence-electron chi connectivity index (χ1n) is 9.60. The van der Waals surface area contributed by atoms with Gasteiger partial charge in [0.25, 0.3) is 0 Å². The lowest BCUT2D eigenvalue weighted by molar-refractivity contribution is 0.414. The van der Waals surface area contributed by atoms with E-state index >= 15 is 0 Å². The van der Waals surface area contributed by atoms with Crippen LogP contribution in [0.25, 0.3) is 38.6 Å². The van der Waals surface area contributed by atoms with Crippen molar-refractivity contribution in [1.82, 2.24) is 4.57 Å². The molecular formula is C26H21NO2. The van der Waals surface area contributed by atoms with Crippen molar-refractivity contribution >= 4 is 21.8 Å². The van der Waals surface area contributed by atoms with E-state index in [2.05, 4.69) is 71.3 Å². The maximum absolute atomic E-state index is 5.32. The number of para-hydroxylation sites is 1. The SMILES string of the molecule is COc1ccc(-c2ccc3c(c2)c2ccccc2n3-c2ccc(OC)cc2)cc1. The van der Waals surface area contributed by atoms with Crippen molar-refractivity contribution in [3.05, 3.63) is 91.0 Å². The van der Waals surface area contributed by atoms with Crippen LogP contribution in [0.3, 0.4) is 0 Å². The average Bonchev–Trinajstić information content (AvgIpc) is 3.13. The summed E-state index contributed by atoms with van der Waals surface area (Å²) >= 11 is 0. The number of benzene rings is 4. The van der Waals surface area contributed by atoms with Gasteiger partial charge in [0.2, 0.25) is 0 Å². The van der Waals surface area contributed by atoms with Gasteiger partial charge in [0.15, 0.2) is 0 Å². The number of fused-ring (bicyclic) bond motifs is 3. The molecule has 0 amide bonds. The molecule has 5 aromatic rings. The summed E-state index contributed by atoms with van der Waals surface area (Å²) in [7, 11) is 3.38. The van der Waals surface area contributed by atoms with Crippen molar-refractivity contribution in [2.45, 2.75) is 0 Å². The highest BCUT2D eigenvalue weighted by Gasteiger charge is 2.13. The molecule has 4 aromatic carbocycles. The molecule has 0 saturated heterocycles. The minimum atomic E-state index is 0.858. The maximum Gasteiger partial charge on any atom is 0.119 e. The van der Waals surface area contributed by atoms with Crippen molar-refractivity contribution < 1.29 is 9.47 Å². The molecule has 5 rings (SSSR count). The van der Waals surface area contributed by atoms with E-state index < -0.39 is 0 Å². The van der Waals surface area contributed by atoms with Gasteiger partial charge in [-0.2, -0.15) is 0 Å². The molecule has 0 aliphatic rings. The number of nitrogens with zero attached hydrogens (tertiary/aromatic N) is 1. The molecule has 0 bridgehead atoms. The number of hydrogen-bond donors (Lipinski definition) is 0. The van der Waals surface area contributed by atoms with Crippen molar-refractivity contribution in [3.8, 4) is 28.3 Å². The third-order valence-corrected chi connectivity index (χ3v) is 5.43. The summed E-state index contributed by atoms with van der Waals surface area (Å²) in [5, 5.41) is 2.48. The van der Waals surface area contributed by atoms with Gasteiger partial charge >= 0.3 is 0 Å². The third kappa shape index (κ3) is 2.92. The molecule has 0 aliphatic heterocycles. The second-order valence-electron chi connectivity index (χ2n) is 7.01. The Labute approximate surface area is 169 Å².